The van der Waals surface area contributed by atoms with Gasteiger partial charge in [0.25, 0.3) is 0 Å². The van der Waals surface area contributed by atoms with Gasteiger partial charge >= 0.3 is 5.97 Å². The van der Waals surface area contributed by atoms with Crippen LogP contribution in [0.3, 0.4) is 0 Å². The molecular weight excluding hydrogens is 270 g/mol. The Bertz CT molecular complexity index is 425. The van der Waals surface area contributed by atoms with Crippen LogP contribution in [0.15, 0.2) is 0 Å². The third-order valence-corrected chi connectivity index (χ3v) is 4.96. The number of nitrogens with one attached hydrogen (secondary N) is 1. The number of carbonyl (C=O) groups excluding carboxylic acids is 1. The summed E-state index contributed by atoms with van der Waals surface area (Å²) in [6.07, 6.45) is 5.02. The summed E-state index contributed by atoms with van der Waals surface area (Å²) in [7, 11) is -3.67. The molecule has 19 heavy (non-hydrogen) atoms. The number of hydrogen-bond donors (Lipinski definition) is 2. The Morgan fingerprint density at radius 1 is 1.26 bits per heavy atom. The zero-order valence-corrected chi connectivity index (χ0v) is 11.9. The molecule has 2 N–H and O–H groups in total. The molecule has 0 aromatic heterocycles. The van der Waals surface area contributed by atoms with Gasteiger partial charge in [-0.1, -0.05) is 26.2 Å². The Kier molecular flexibility index (Phi) is 5.78. The first-order valence-corrected chi connectivity index (χ1v) is 8.35. The van der Waals surface area contributed by atoms with E-state index in [1.165, 1.54) is 6.92 Å². The first kappa shape index (κ1) is 15.9. The summed E-state index contributed by atoms with van der Waals surface area (Å²) < 4.78 is 23.3. The van der Waals surface area contributed by atoms with E-state index in [0.717, 1.165) is 32.1 Å². The van der Waals surface area contributed by atoms with Crippen LogP contribution in [0.25, 0.3) is 0 Å². The lowest BCUT2D eigenvalue weighted by Gasteiger charge is -2.22. The minimum Gasteiger partial charge on any atom is -0.481 e. The maximum Gasteiger partial charge on any atom is 0.307 e. The number of rotatable bonds is 6. The van der Waals surface area contributed by atoms with Crippen LogP contribution in [0.1, 0.15) is 39.0 Å². The number of sulfone groups is 1. The minimum atomic E-state index is -3.67. The van der Waals surface area contributed by atoms with Crippen LogP contribution in [0, 0.1) is 5.92 Å². The molecule has 110 valence electrons. The molecule has 0 aromatic rings. The van der Waals surface area contributed by atoms with E-state index in [1.54, 1.807) is 0 Å². The Balaban J connectivity index is 2.43. The predicted octanol–water partition coefficient (Wildman–Crippen LogP) is 0.571. The fraction of sp³-hybridized carbons (Fsp3) is 0.833. The van der Waals surface area contributed by atoms with Crippen molar-refractivity contribution in [2.45, 2.75) is 45.1 Å². The van der Waals surface area contributed by atoms with Gasteiger partial charge in [-0.3, -0.25) is 9.59 Å². The summed E-state index contributed by atoms with van der Waals surface area (Å²) >= 11 is 0. The molecule has 1 unspecified atom stereocenters. The third kappa shape index (κ3) is 6.04. The molecule has 0 bridgehead atoms. The van der Waals surface area contributed by atoms with Crippen molar-refractivity contribution in [2.75, 3.05) is 11.5 Å². The zero-order chi connectivity index (χ0) is 14.5. The molecule has 6 nitrogen and oxygen atoms in total. The van der Waals surface area contributed by atoms with Crippen LogP contribution in [0.4, 0.5) is 0 Å². The van der Waals surface area contributed by atoms with E-state index in [-0.39, 0.29) is 6.04 Å². The van der Waals surface area contributed by atoms with Gasteiger partial charge in [-0.05, 0) is 12.8 Å². The minimum absolute atomic E-state index is 0.0633. The van der Waals surface area contributed by atoms with Crippen molar-refractivity contribution in [3.8, 4) is 0 Å². The number of carbonyl (C=O) groups is 2. The van der Waals surface area contributed by atoms with Gasteiger partial charge in [0.15, 0.2) is 9.84 Å². The molecule has 1 atom stereocenters. The van der Waals surface area contributed by atoms with Crippen molar-refractivity contribution in [3.63, 3.8) is 0 Å². The van der Waals surface area contributed by atoms with Crippen LogP contribution in [-0.4, -0.2) is 42.9 Å². The van der Waals surface area contributed by atoms with E-state index in [9.17, 15) is 18.0 Å². The Morgan fingerprint density at radius 3 is 2.37 bits per heavy atom. The molecule has 1 saturated carbocycles. The highest BCUT2D eigenvalue weighted by molar-refractivity contribution is 7.92. The topological polar surface area (TPSA) is 101 Å². The summed E-state index contributed by atoms with van der Waals surface area (Å²) in [5, 5.41) is 11.4. The first-order valence-electron chi connectivity index (χ1n) is 6.53. The SMILES string of the molecule is CC(CS(=O)(=O)CC(=O)NC1CCCCC1)C(=O)O. The average molecular weight is 291 g/mol. The smallest absolute Gasteiger partial charge is 0.307 e. The van der Waals surface area contributed by atoms with Crippen molar-refractivity contribution < 1.29 is 23.1 Å². The summed E-state index contributed by atoms with van der Waals surface area (Å²) in [6, 6.07) is 0.0633. The van der Waals surface area contributed by atoms with E-state index in [4.69, 9.17) is 5.11 Å². The summed E-state index contributed by atoms with van der Waals surface area (Å²) in [5.74, 6) is -3.81. The number of hydrogen-bond acceptors (Lipinski definition) is 4. The molecule has 1 amide bonds. The lowest BCUT2D eigenvalue weighted by Crippen LogP contribution is -2.40. The fourth-order valence-corrected chi connectivity index (χ4v) is 3.73. The van der Waals surface area contributed by atoms with Crippen LogP contribution in [-0.2, 0) is 19.4 Å². The molecule has 1 fully saturated rings. The van der Waals surface area contributed by atoms with E-state index in [0.29, 0.717) is 0 Å². The van der Waals surface area contributed by atoms with Gasteiger partial charge in [0.05, 0.1) is 11.7 Å². The molecule has 1 rings (SSSR count). The second kappa shape index (κ2) is 6.88. The normalized spacial score (nSPS) is 18.8. The quantitative estimate of drug-likeness (QED) is 0.745. The van der Waals surface area contributed by atoms with Crippen molar-refractivity contribution in [1.29, 1.82) is 0 Å². The maximum atomic E-state index is 11.7. The summed E-state index contributed by atoms with van der Waals surface area (Å²) in [5.41, 5.74) is 0. The zero-order valence-electron chi connectivity index (χ0n) is 11.1. The number of aliphatic carboxylic acids is 1. The standard InChI is InChI=1S/C12H21NO5S/c1-9(12(15)16)7-19(17,18)8-11(14)13-10-5-3-2-4-6-10/h9-10H,2-8H2,1H3,(H,13,14)(H,15,16). The van der Waals surface area contributed by atoms with E-state index < -0.39 is 39.1 Å². The van der Waals surface area contributed by atoms with Gasteiger partial charge in [0, 0.05) is 6.04 Å². The van der Waals surface area contributed by atoms with Crippen molar-refractivity contribution in [3.05, 3.63) is 0 Å². The Labute approximate surface area is 113 Å². The third-order valence-electron chi connectivity index (χ3n) is 3.25. The van der Waals surface area contributed by atoms with Crippen LogP contribution >= 0.6 is 0 Å². The fourth-order valence-electron chi connectivity index (χ4n) is 2.23. The molecule has 0 aromatic carbocycles. The van der Waals surface area contributed by atoms with Gasteiger partial charge in [-0.15, -0.1) is 0 Å². The molecule has 0 heterocycles. The van der Waals surface area contributed by atoms with Gasteiger partial charge in [-0.25, -0.2) is 8.42 Å². The van der Waals surface area contributed by atoms with Crippen molar-refractivity contribution >= 4 is 21.7 Å². The second-order valence-electron chi connectivity index (χ2n) is 5.20. The largest absolute Gasteiger partial charge is 0.481 e. The summed E-state index contributed by atoms with van der Waals surface area (Å²) in [4.78, 5) is 22.3. The molecule has 0 spiro atoms. The van der Waals surface area contributed by atoms with Crippen molar-refractivity contribution in [2.24, 2.45) is 5.92 Å². The molecule has 0 radical (unpaired) electrons. The highest BCUT2D eigenvalue weighted by Crippen LogP contribution is 2.17. The van der Waals surface area contributed by atoms with Gasteiger partial charge in [-0.2, -0.15) is 0 Å². The average Bonchev–Trinajstić information content (AvgIpc) is 2.28. The maximum absolute atomic E-state index is 11.7. The highest BCUT2D eigenvalue weighted by atomic mass is 32.2. The molecular formula is C12H21NO5S. The number of amides is 1. The predicted molar refractivity (Wildman–Crippen MR) is 70.5 cm³/mol. The Morgan fingerprint density at radius 2 is 1.84 bits per heavy atom. The van der Waals surface area contributed by atoms with E-state index >= 15 is 0 Å². The van der Waals surface area contributed by atoms with Gasteiger partial charge < -0.3 is 10.4 Å². The van der Waals surface area contributed by atoms with Crippen LogP contribution in [0.5, 0.6) is 0 Å². The number of carboxylic acids is 1. The lowest BCUT2D eigenvalue weighted by atomic mass is 9.95. The highest BCUT2D eigenvalue weighted by Gasteiger charge is 2.25. The molecule has 7 heteroatoms. The van der Waals surface area contributed by atoms with Gasteiger partial charge in [0.1, 0.15) is 5.75 Å². The monoisotopic (exact) mass is 291 g/mol. The first-order chi connectivity index (χ1) is 8.80. The van der Waals surface area contributed by atoms with Crippen molar-refractivity contribution in [1.82, 2.24) is 5.32 Å². The lowest BCUT2D eigenvalue weighted by molar-refractivity contribution is -0.140. The van der Waals surface area contributed by atoms with Crippen LogP contribution < -0.4 is 5.32 Å². The molecule has 0 saturated heterocycles. The van der Waals surface area contributed by atoms with Gasteiger partial charge in [0.2, 0.25) is 5.91 Å². The molecule has 1 aliphatic carbocycles. The van der Waals surface area contributed by atoms with Crippen LogP contribution in [0.2, 0.25) is 0 Å². The van der Waals surface area contributed by atoms with E-state index in [1.807, 2.05) is 0 Å². The molecule has 0 aliphatic heterocycles. The summed E-state index contributed by atoms with van der Waals surface area (Å²) in [6.45, 7) is 1.32. The second-order valence-corrected chi connectivity index (χ2v) is 7.31. The Hall–Kier alpha value is -1.11. The molecule has 1 aliphatic rings. The van der Waals surface area contributed by atoms with E-state index in [2.05, 4.69) is 5.32 Å². The number of carboxylic acid groups (broad SMARTS) is 1.